The fourth-order valence-electron chi connectivity index (χ4n) is 3.51. The molecule has 3 aromatic carbocycles. The molecule has 3 rings (SSSR count). The number of hydrogen-bond acceptors (Lipinski definition) is 2. The van der Waals surface area contributed by atoms with Crippen molar-refractivity contribution in [2.75, 3.05) is 13.2 Å². The third-order valence-electron chi connectivity index (χ3n) is 4.95. The lowest BCUT2D eigenvalue weighted by molar-refractivity contribution is -0.127. The second-order valence-electron chi connectivity index (χ2n) is 7.07. The van der Waals surface area contributed by atoms with Gasteiger partial charge in [-0.1, -0.05) is 85.8 Å². The molecule has 0 N–H and O–H groups in total. The number of carbonyl (C=O) groups is 1. The number of hydrogen-bond donors (Lipinski definition) is 0. The zero-order valence-electron chi connectivity index (χ0n) is 17.7. The highest BCUT2D eigenvalue weighted by Crippen LogP contribution is 2.29. The zero-order valence-corrected chi connectivity index (χ0v) is 17.7. The van der Waals surface area contributed by atoms with Gasteiger partial charge in [-0.05, 0) is 36.6 Å². The Balaban J connectivity index is 1.89. The Morgan fingerprint density at radius 2 is 1.43 bits per heavy atom. The maximum atomic E-state index is 13.3. The summed E-state index contributed by atoms with van der Waals surface area (Å²) in [6.45, 7) is 5.35. The Morgan fingerprint density at radius 3 is 2.00 bits per heavy atom. The number of rotatable bonds is 9. The number of nitrogens with zero attached hydrogens (tertiary/aromatic N) is 1. The van der Waals surface area contributed by atoms with Crippen LogP contribution in [0.3, 0.4) is 0 Å². The summed E-state index contributed by atoms with van der Waals surface area (Å²) in [6.07, 6.45) is 4.44. The highest BCUT2D eigenvalue weighted by Gasteiger charge is 2.24. The summed E-state index contributed by atoms with van der Waals surface area (Å²) >= 11 is 0. The predicted molar refractivity (Wildman–Crippen MR) is 123 cm³/mol. The van der Waals surface area contributed by atoms with Crippen LogP contribution >= 0.6 is 0 Å². The van der Waals surface area contributed by atoms with Crippen molar-refractivity contribution >= 4 is 12.0 Å². The van der Waals surface area contributed by atoms with Gasteiger partial charge in [-0.25, -0.2) is 0 Å². The zero-order chi connectivity index (χ0) is 21.2. The van der Waals surface area contributed by atoms with E-state index in [0.717, 1.165) is 28.9 Å². The van der Waals surface area contributed by atoms with Gasteiger partial charge in [0.05, 0.1) is 12.6 Å². The van der Waals surface area contributed by atoms with Gasteiger partial charge in [0.1, 0.15) is 5.75 Å². The van der Waals surface area contributed by atoms with Crippen LogP contribution in [0.25, 0.3) is 6.08 Å². The Hall–Kier alpha value is -3.33. The van der Waals surface area contributed by atoms with Crippen molar-refractivity contribution in [3.8, 4) is 5.75 Å². The highest BCUT2D eigenvalue weighted by atomic mass is 16.5. The number of ether oxygens (including phenoxy) is 1. The first-order chi connectivity index (χ1) is 14.7. The van der Waals surface area contributed by atoms with Crippen LogP contribution in [0.5, 0.6) is 5.75 Å². The molecule has 0 aliphatic heterocycles. The van der Waals surface area contributed by atoms with E-state index >= 15 is 0 Å². The van der Waals surface area contributed by atoms with Gasteiger partial charge in [-0.2, -0.15) is 0 Å². The second-order valence-corrected chi connectivity index (χ2v) is 7.07. The fourth-order valence-corrected chi connectivity index (χ4v) is 3.51. The molecule has 0 spiro atoms. The van der Waals surface area contributed by atoms with Gasteiger partial charge < -0.3 is 9.64 Å². The first-order valence-corrected chi connectivity index (χ1v) is 10.5. The third-order valence-corrected chi connectivity index (χ3v) is 4.95. The van der Waals surface area contributed by atoms with Crippen LogP contribution in [0.15, 0.2) is 91.0 Å². The molecule has 0 fully saturated rings. The minimum atomic E-state index is -0.138. The van der Waals surface area contributed by atoms with Crippen LogP contribution in [0.1, 0.15) is 43.0 Å². The molecular formula is C27H29NO2. The van der Waals surface area contributed by atoms with E-state index < -0.39 is 0 Å². The van der Waals surface area contributed by atoms with Gasteiger partial charge in [0.15, 0.2) is 0 Å². The van der Waals surface area contributed by atoms with Crippen molar-refractivity contribution in [3.05, 3.63) is 108 Å². The van der Waals surface area contributed by atoms with Crippen LogP contribution in [-0.2, 0) is 4.79 Å². The largest absolute Gasteiger partial charge is 0.493 e. The number of carbonyl (C=O) groups excluding carboxylic acids is 1. The van der Waals surface area contributed by atoms with Crippen LogP contribution in [0.2, 0.25) is 0 Å². The summed E-state index contributed by atoms with van der Waals surface area (Å²) in [7, 11) is 0. The number of para-hydroxylation sites is 1. The Labute approximate surface area is 179 Å². The number of amides is 1. The molecule has 0 atom stereocenters. The molecule has 0 bridgehead atoms. The van der Waals surface area contributed by atoms with Crippen LogP contribution in [-0.4, -0.2) is 24.0 Å². The van der Waals surface area contributed by atoms with E-state index in [2.05, 4.69) is 31.2 Å². The first-order valence-electron chi connectivity index (χ1n) is 10.5. The van der Waals surface area contributed by atoms with Gasteiger partial charge in [-0.3, -0.25) is 4.79 Å². The van der Waals surface area contributed by atoms with Crippen LogP contribution < -0.4 is 4.74 Å². The lowest BCUT2D eigenvalue weighted by Crippen LogP contribution is -2.34. The fraction of sp³-hybridized carbons (Fsp3) is 0.222. The molecule has 3 heteroatoms. The minimum Gasteiger partial charge on any atom is -0.493 e. The molecule has 0 aliphatic rings. The van der Waals surface area contributed by atoms with Gasteiger partial charge in [-0.15, -0.1) is 0 Å². The van der Waals surface area contributed by atoms with E-state index in [1.807, 2.05) is 78.6 Å². The summed E-state index contributed by atoms with van der Waals surface area (Å²) in [4.78, 5) is 15.2. The monoisotopic (exact) mass is 399 g/mol. The van der Waals surface area contributed by atoms with Crippen molar-refractivity contribution in [3.63, 3.8) is 0 Å². The lowest BCUT2D eigenvalue weighted by Gasteiger charge is -2.31. The molecular weight excluding hydrogens is 370 g/mol. The number of benzene rings is 3. The van der Waals surface area contributed by atoms with Crippen LogP contribution in [0.4, 0.5) is 0 Å². The second kappa shape index (κ2) is 11.0. The van der Waals surface area contributed by atoms with Gasteiger partial charge >= 0.3 is 0 Å². The van der Waals surface area contributed by atoms with E-state index in [1.165, 1.54) is 0 Å². The Bertz CT molecular complexity index is 911. The van der Waals surface area contributed by atoms with Crippen LogP contribution in [0, 0.1) is 0 Å². The average molecular weight is 400 g/mol. The summed E-state index contributed by atoms with van der Waals surface area (Å²) in [5, 5.41) is 0. The highest BCUT2D eigenvalue weighted by molar-refractivity contribution is 5.92. The molecule has 3 aromatic rings. The average Bonchev–Trinajstić information content (AvgIpc) is 2.81. The normalized spacial score (nSPS) is 11.0. The smallest absolute Gasteiger partial charge is 0.247 e. The van der Waals surface area contributed by atoms with Crippen molar-refractivity contribution in [1.82, 2.24) is 4.90 Å². The van der Waals surface area contributed by atoms with E-state index in [1.54, 1.807) is 6.08 Å². The maximum absolute atomic E-state index is 13.3. The molecule has 3 nitrogen and oxygen atoms in total. The molecule has 30 heavy (non-hydrogen) atoms. The van der Waals surface area contributed by atoms with Gasteiger partial charge in [0.2, 0.25) is 5.91 Å². The third kappa shape index (κ3) is 5.38. The molecule has 0 unspecified atom stereocenters. The molecule has 154 valence electrons. The number of likely N-dealkylation sites (N-methyl/N-ethyl adjacent to an activating group) is 1. The summed E-state index contributed by atoms with van der Waals surface area (Å²) < 4.78 is 5.82. The van der Waals surface area contributed by atoms with Gasteiger partial charge in [0, 0.05) is 18.2 Å². The standard InChI is InChI=1S/C27H29NO2/c1-3-21-30-25-18-12-11-13-22(25)19-20-26(29)28(4-2)27(23-14-7-5-8-15-23)24-16-9-6-10-17-24/h5-20,27H,3-4,21H2,1-2H3/b20-19+. The van der Waals surface area contributed by atoms with E-state index in [4.69, 9.17) is 4.74 Å². The molecule has 1 amide bonds. The Morgan fingerprint density at radius 1 is 0.867 bits per heavy atom. The summed E-state index contributed by atoms with van der Waals surface area (Å²) in [5.41, 5.74) is 3.10. The van der Waals surface area contributed by atoms with E-state index in [0.29, 0.717) is 13.2 Å². The van der Waals surface area contributed by atoms with Crippen molar-refractivity contribution < 1.29 is 9.53 Å². The summed E-state index contributed by atoms with van der Waals surface area (Å²) in [6, 6.07) is 28.0. The minimum absolute atomic E-state index is 0.0273. The van der Waals surface area contributed by atoms with E-state index in [9.17, 15) is 4.79 Å². The van der Waals surface area contributed by atoms with Crippen molar-refractivity contribution in [2.24, 2.45) is 0 Å². The molecule has 0 saturated carbocycles. The Kier molecular flexibility index (Phi) is 7.85. The predicted octanol–water partition coefficient (Wildman–Crippen LogP) is 6.13. The van der Waals surface area contributed by atoms with Crippen molar-refractivity contribution in [2.45, 2.75) is 26.3 Å². The molecule has 0 aromatic heterocycles. The summed E-state index contributed by atoms with van der Waals surface area (Å²) in [5.74, 6) is 0.773. The lowest BCUT2D eigenvalue weighted by atomic mass is 9.97. The SMILES string of the molecule is CCCOc1ccccc1/C=C/C(=O)N(CC)C(c1ccccc1)c1ccccc1. The molecule has 0 heterocycles. The van der Waals surface area contributed by atoms with Gasteiger partial charge in [0.25, 0.3) is 0 Å². The molecule has 0 saturated heterocycles. The molecule has 0 radical (unpaired) electrons. The first kappa shape index (κ1) is 21.4. The quantitative estimate of drug-likeness (QED) is 0.405. The topological polar surface area (TPSA) is 29.5 Å². The maximum Gasteiger partial charge on any atom is 0.247 e. The molecule has 0 aliphatic carbocycles. The van der Waals surface area contributed by atoms with E-state index in [-0.39, 0.29) is 11.9 Å². The van der Waals surface area contributed by atoms with Crippen molar-refractivity contribution in [1.29, 1.82) is 0 Å².